The van der Waals surface area contributed by atoms with E-state index in [0.717, 1.165) is 29.8 Å². The maximum Gasteiger partial charge on any atom is 0.346 e. The molecule has 1 aromatic heterocycles. The second kappa shape index (κ2) is 12.0. The van der Waals surface area contributed by atoms with Gasteiger partial charge < -0.3 is 5.11 Å². The van der Waals surface area contributed by atoms with Crippen molar-refractivity contribution in [1.82, 2.24) is 14.3 Å². The quantitative estimate of drug-likeness (QED) is 0.292. The lowest BCUT2D eigenvalue weighted by Crippen LogP contribution is -2.26. The lowest BCUT2D eigenvalue weighted by molar-refractivity contribution is 0.0697. The summed E-state index contributed by atoms with van der Waals surface area (Å²) in [5.41, 5.74) is 2.68. The summed E-state index contributed by atoms with van der Waals surface area (Å²) >= 11 is 0. The van der Waals surface area contributed by atoms with Gasteiger partial charge in [0.15, 0.2) is 0 Å². The largest absolute Gasteiger partial charge is 0.478 e. The van der Waals surface area contributed by atoms with Crippen molar-refractivity contribution in [3.8, 4) is 11.1 Å². The summed E-state index contributed by atoms with van der Waals surface area (Å²) in [7, 11) is 0. The van der Waals surface area contributed by atoms with Crippen LogP contribution in [0.1, 0.15) is 67.7 Å². The number of benzene rings is 2. The van der Waals surface area contributed by atoms with Gasteiger partial charge in [-0.3, -0.25) is 4.57 Å². The molecule has 0 spiro atoms. The zero-order valence-electron chi connectivity index (χ0n) is 19.5. The van der Waals surface area contributed by atoms with Gasteiger partial charge in [-0.25, -0.2) is 14.3 Å². The maximum atomic E-state index is 13.1. The number of carbonyl (C=O) groups is 1. The highest BCUT2D eigenvalue weighted by Crippen LogP contribution is 2.24. The Kier molecular flexibility index (Phi) is 8.81. The number of allylic oxidation sites excluding steroid dienone is 2. The van der Waals surface area contributed by atoms with Crippen LogP contribution in [0.5, 0.6) is 0 Å². The molecule has 0 fully saturated rings. The van der Waals surface area contributed by atoms with Crippen LogP contribution in [-0.4, -0.2) is 25.4 Å². The summed E-state index contributed by atoms with van der Waals surface area (Å²) in [5.74, 6) is -0.191. The number of aryl methyl sites for hydroxylation is 1. The molecule has 0 atom stereocenters. The highest BCUT2D eigenvalue weighted by molar-refractivity contribution is 5.95. The summed E-state index contributed by atoms with van der Waals surface area (Å²) in [6.07, 6.45) is 10.3. The Labute approximate surface area is 195 Å². The minimum atomic E-state index is -0.947. The first-order valence-corrected chi connectivity index (χ1v) is 11.7. The van der Waals surface area contributed by atoms with Crippen molar-refractivity contribution in [2.24, 2.45) is 0 Å². The van der Waals surface area contributed by atoms with Crippen LogP contribution in [-0.2, 0) is 19.5 Å². The molecule has 1 heterocycles. The average Bonchev–Trinajstić information content (AvgIpc) is 3.12. The SMILES string of the molecule is CC=CCc1nn(CCCCCCC)c(=O)n1Cc1ccc(-c2ccccc2C(=O)O)cc1. The Balaban J connectivity index is 1.80. The van der Waals surface area contributed by atoms with Crippen molar-refractivity contribution < 1.29 is 9.90 Å². The van der Waals surface area contributed by atoms with E-state index in [1.54, 1.807) is 21.4 Å². The van der Waals surface area contributed by atoms with Gasteiger partial charge in [-0.2, -0.15) is 5.10 Å². The van der Waals surface area contributed by atoms with E-state index in [0.29, 0.717) is 25.1 Å². The standard InChI is InChI=1S/C27H33N3O3/c1-3-5-7-8-11-19-30-27(33)29(25(28-30)14-6-4-2)20-21-15-17-22(18-16-21)23-12-9-10-13-24(23)26(31)32/h4,6,9-10,12-13,15-18H,3,5,7-8,11,14,19-20H2,1-2H3,(H,31,32). The number of hydrogen-bond donors (Lipinski definition) is 1. The third-order valence-electron chi connectivity index (χ3n) is 5.77. The number of unbranched alkanes of at least 4 members (excludes halogenated alkanes) is 4. The first kappa shape index (κ1) is 24.2. The van der Waals surface area contributed by atoms with Crippen LogP contribution in [0.3, 0.4) is 0 Å². The molecule has 0 saturated carbocycles. The predicted octanol–water partition coefficient (Wildman–Crippen LogP) is 5.55. The third kappa shape index (κ3) is 6.31. The number of aromatic carboxylic acids is 1. The van der Waals surface area contributed by atoms with Gasteiger partial charge in [0, 0.05) is 13.0 Å². The summed E-state index contributed by atoms with van der Waals surface area (Å²) in [6.45, 7) is 5.23. The lowest BCUT2D eigenvalue weighted by Gasteiger charge is -2.08. The van der Waals surface area contributed by atoms with Crippen molar-refractivity contribution in [1.29, 1.82) is 0 Å². The van der Waals surface area contributed by atoms with Gasteiger partial charge in [-0.15, -0.1) is 0 Å². The van der Waals surface area contributed by atoms with E-state index >= 15 is 0 Å². The minimum absolute atomic E-state index is 0.0784. The molecule has 0 unspecified atom stereocenters. The molecule has 0 saturated heterocycles. The van der Waals surface area contributed by atoms with Gasteiger partial charge in [0.2, 0.25) is 0 Å². The van der Waals surface area contributed by atoms with E-state index < -0.39 is 5.97 Å². The molecule has 3 aromatic rings. The van der Waals surface area contributed by atoms with Crippen LogP contribution in [0.4, 0.5) is 0 Å². The number of carboxylic acid groups (broad SMARTS) is 1. The van der Waals surface area contributed by atoms with E-state index in [4.69, 9.17) is 0 Å². The number of aromatic nitrogens is 3. The molecule has 6 nitrogen and oxygen atoms in total. The third-order valence-corrected chi connectivity index (χ3v) is 5.77. The molecular formula is C27H33N3O3. The number of rotatable bonds is 12. The van der Waals surface area contributed by atoms with Crippen LogP contribution in [0.25, 0.3) is 11.1 Å². The predicted molar refractivity (Wildman–Crippen MR) is 132 cm³/mol. The van der Waals surface area contributed by atoms with Crippen LogP contribution in [0.2, 0.25) is 0 Å². The molecule has 2 aromatic carbocycles. The van der Waals surface area contributed by atoms with Crippen molar-refractivity contribution in [2.75, 3.05) is 0 Å². The molecule has 0 aliphatic rings. The topological polar surface area (TPSA) is 77.1 Å². The zero-order valence-corrected chi connectivity index (χ0v) is 19.5. The Morgan fingerprint density at radius 2 is 1.76 bits per heavy atom. The molecule has 0 radical (unpaired) electrons. The number of hydrogen-bond acceptors (Lipinski definition) is 3. The summed E-state index contributed by atoms with van der Waals surface area (Å²) in [5, 5.41) is 14.1. The number of carboxylic acids is 1. The molecular weight excluding hydrogens is 414 g/mol. The van der Waals surface area contributed by atoms with E-state index in [9.17, 15) is 14.7 Å². The van der Waals surface area contributed by atoms with E-state index in [2.05, 4.69) is 12.0 Å². The number of nitrogens with zero attached hydrogens (tertiary/aromatic N) is 3. The van der Waals surface area contributed by atoms with Gasteiger partial charge in [0.1, 0.15) is 5.82 Å². The van der Waals surface area contributed by atoms with Crippen molar-refractivity contribution in [3.05, 3.63) is 88.1 Å². The Morgan fingerprint density at radius 1 is 1.03 bits per heavy atom. The van der Waals surface area contributed by atoms with Crippen LogP contribution in [0.15, 0.2) is 65.5 Å². The smallest absolute Gasteiger partial charge is 0.346 e. The van der Waals surface area contributed by atoms with Crippen LogP contribution in [0, 0.1) is 0 Å². The fraction of sp³-hybridized carbons (Fsp3) is 0.370. The molecule has 6 heteroatoms. The summed E-state index contributed by atoms with van der Waals surface area (Å²) in [6, 6.07) is 14.7. The molecule has 1 N–H and O–H groups in total. The van der Waals surface area contributed by atoms with E-state index in [1.165, 1.54) is 19.3 Å². The fourth-order valence-electron chi connectivity index (χ4n) is 3.92. The van der Waals surface area contributed by atoms with Crippen LogP contribution >= 0.6 is 0 Å². The summed E-state index contributed by atoms with van der Waals surface area (Å²) < 4.78 is 3.34. The average molecular weight is 448 g/mol. The fourth-order valence-corrected chi connectivity index (χ4v) is 3.92. The Bertz CT molecular complexity index is 1140. The van der Waals surface area contributed by atoms with Crippen LogP contribution < -0.4 is 5.69 Å². The molecule has 0 aliphatic heterocycles. The highest BCUT2D eigenvalue weighted by atomic mass is 16.4. The highest BCUT2D eigenvalue weighted by Gasteiger charge is 2.14. The Hall–Kier alpha value is -3.41. The maximum absolute atomic E-state index is 13.1. The van der Waals surface area contributed by atoms with Crippen molar-refractivity contribution in [3.63, 3.8) is 0 Å². The molecule has 0 amide bonds. The monoisotopic (exact) mass is 447 g/mol. The van der Waals surface area contributed by atoms with E-state index in [-0.39, 0.29) is 11.3 Å². The molecule has 0 aliphatic carbocycles. The van der Waals surface area contributed by atoms with Gasteiger partial charge in [-0.1, -0.05) is 87.2 Å². The van der Waals surface area contributed by atoms with E-state index in [1.807, 2.05) is 55.5 Å². The minimum Gasteiger partial charge on any atom is -0.478 e. The first-order chi connectivity index (χ1) is 16.0. The molecule has 3 rings (SSSR count). The second-order valence-corrected chi connectivity index (χ2v) is 8.24. The van der Waals surface area contributed by atoms with Gasteiger partial charge in [0.25, 0.3) is 0 Å². The van der Waals surface area contributed by atoms with Crippen molar-refractivity contribution >= 4 is 5.97 Å². The molecule has 174 valence electrons. The van der Waals surface area contributed by atoms with Gasteiger partial charge >= 0.3 is 11.7 Å². The second-order valence-electron chi connectivity index (χ2n) is 8.24. The summed E-state index contributed by atoms with van der Waals surface area (Å²) in [4.78, 5) is 24.6. The molecule has 0 bridgehead atoms. The van der Waals surface area contributed by atoms with Gasteiger partial charge in [0.05, 0.1) is 12.1 Å². The normalized spacial score (nSPS) is 11.3. The van der Waals surface area contributed by atoms with Crippen molar-refractivity contribution in [2.45, 2.75) is 65.5 Å². The lowest BCUT2D eigenvalue weighted by atomic mass is 9.99. The molecule has 33 heavy (non-hydrogen) atoms. The van der Waals surface area contributed by atoms with Gasteiger partial charge in [-0.05, 0) is 36.1 Å². The Morgan fingerprint density at radius 3 is 2.45 bits per heavy atom. The zero-order chi connectivity index (χ0) is 23.6. The first-order valence-electron chi connectivity index (χ1n) is 11.7.